The molecule has 1 aliphatic heterocycles. The molecule has 5 nitrogen and oxygen atoms in total. The Labute approximate surface area is 197 Å². The number of rotatable bonds is 2. The van der Waals surface area contributed by atoms with Gasteiger partial charge >= 0.3 is 0 Å². The van der Waals surface area contributed by atoms with Crippen LogP contribution in [-0.2, 0) is 16.0 Å². The highest BCUT2D eigenvalue weighted by Gasteiger charge is 2.68. The summed E-state index contributed by atoms with van der Waals surface area (Å²) in [7, 11) is 0. The molecule has 0 bridgehead atoms. The van der Waals surface area contributed by atoms with Gasteiger partial charge in [-0.3, -0.25) is 9.59 Å². The first kappa shape index (κ1) is 23.9. The highest BCUT2D eigenvalue weighted by atomic mass is 16.3. The Morgan fingerprint density at radius 2 is 1.82 bits per heavy atom. The van der Waals surface area contributed by atoms with Crippen molar-refractivity contribution in [2.45, 2.75) is 64.7 Å². The van der Waals surface area contributed by atoms with Crippen LogP contribution in [0.4, 0.5) is 0 Å². The molecule has 1 saturated heterocycles. The minimum absolute atomic E-state index is 0.0470. The fourth-order valence-corrected chi connectivity index (χ4v) is 6.65. The van der Waals surface area contributed by atoms with Crippen molar-refractivity contribution in [3.05, 3.63) is 60.2 Å². The molecule has 4 rings (SSSR count). The summed E-state index contributed by atoms with van der Waals surface area (Å²) >= 11 is 0. The van der Waals surface area contributed by atoms with Crippen molar-refractivity contribution in [2.75, 3.05) is 0 Å². The number of amides is 1. The Hall–Kier alpha value is -2.24. The number of allylic oxidation sites excluding steroid dienone is 1. The molecule has 1 heterocycles. The molecule has 1 aromatic carbocycles. The molecule has 1 amide bonds. The molecule has 1 aromatic rings. The van der Waals surface area contributed by atoms with Crippen molar-refractivity contribution >= 4 is 11.7 Å². The third-order valence-corrected chi connectivity index (χ3v) is 8.49. The number of aliphatic hydroxyl groups excluding tert-OH is 2. The van der Waals surface area contributed by atoms with E-state index >= 15 is 0 Å². The number of nitrogens with one attached hydrogen (secondary N) is 1. The van der Waals surface area contributed by atoms with Crippen molar-refractivity contribution in [2.24, 2.45) is 35.0 Å². The second kappa shape index (κ2) is 9.19. The first-order chi connectivity index (χ1) is 15.7. The van der Waals surface area contributed by atoms with Gasteiger partial charge in [0.15, 0.2) is 5.78 Å². The van der Waals surface area contributed by atoms with Crippen LogP contribution in [0.2, 0.25) is 0 Å². The van der Waals surface area contributed by atoms with Gasteiger partial charge in [-0.05, 0) is 48.2 Å². The molecule has 1 saturated carbocycles. The standard InChI is InChI=1S/C28H37NO4/c1-16-9-8-12-21-26(32)19(4)18(3)25-22(14-20-10-6-5-7-11-20)29-27(33)28(21,25)24(31)15-23(30)17(2)13-16/h5-8,10-12,16-18,21-23,25-26,30,32H,4,9,13-15H2,1-3H3,(H,29,33)/t16-,17+,18+,21-,22-,23+,25-,26+,28+/m1/s1. The lowest BCUT2D eigenvalue weighted by Gasteiger charge is -2.49. The first-order valence-corrected chi connectivity index (χ1v) is 12.3. The highest BCUT2D eigenvalue weighted by molar-refractivity contribution is 6.09. The lowest BCUT2D eigenvalue weighted by atomic mass is 9.51. The second-order valence-electron chi connectivity index (χ2n) is 10.7. The number of Topliss-reactive ketones (excluding diaryl/α,β-unsaturated/α-hetero) is 1. The van der Waals surface area contributed by atoms with Crippen LogP contribution in [0, 0.1) is 35.0 Å². The normalized spacial score (nSPS) is 41.7. The van der Waals surface area contributed by atoms with E-state index in [9.17, 15) is 19.8 Å². The van der Waals surface area contributed by atoms with Crippen LogP contribution in [0.3, 0.4) is 0 Å². The SMILES string of the molecule is C=C1[C@H](C)[C@@H]2[C@@H](Cc3ccccc3)NC(=O)[C@@]23C(=O)C[C@H](O)[C@@H](C)C[C@H](C)CC=C[C@@H]3[C@H]1O. The van der Waals surface area contributed by atoms with Crippen molar-refractivity contribution in [3.8, 4) is 0 Å². The van der Waals surface area contributed by atoms with Crippen LogP contribution in [0.1, 0.15) is 45.6 Å². The summed E-state index contributed by atoms with van der Waals surface area (Å²) in [4.78, 5) is 27.8. The predicted octanol–water partition coefficient (Wildman–Crippen LogP) is 3.46. The van der Waals surface area contributed by atoms with Crippen LogP contribution >= 0.6 is 0 Å². The molecule has 33 heavy (non-hydrogen) atoms. The smallest absolute Gasteiger partial charge is 0.235 e. The number of hydrogen-bond donors (Lipinski definition) is 3. The third kappa shape index (κ3) is 4.00. The lowest BCUT2D eigenvalue weighted by Crippen LogP contribution is -2.59. The minimum Gasteiger partial charge on any atom is -0.392 e. The molecule has 5 heteroatoms. The lowest BCUT2D eigenvalue weighted by molar-refractivity contribution is -0.153. The van der Waals surface area contributed by atoms with E-state index in [1.807, 2.05) is 56.3 Å². The van der Waals surface area contributed by atoms with Gasteiger partial charge < -0.3 is 15.5 Å². The Bertz CT molecular complexity index is 940. The van der Waals surface area contributed by atoms with Crippen molar-refractivity contribution in [1.29, 1.82) is 0 Å². The average molecular weight is 452 g/mol. The van der Waals surface area contributed by atoms with E-state index < -0.39 is 23.5 Å². The van der Waals surface area contributed by atoms with E-state index in [4.69, 9.17) is 0 Å². The van der Waals surface area contributed by atoms with Crippen LogP contribution in [-0.4, -0.2) is 40.2 Å². The van der Waals surface area contributed by atoms with Crippen LogP contribution in [0.5, 0.6) is 0 Å². The summed E-state index contributed by atoms with van der Waals surface area (Å²) in [5.74, 6) is -1.55. The van der Waals surface area contributed by atoms with Gasteiger partial charge in [0.1, 0.15) is 5.41 Å². The predicted molar refractivity (Wildman–Crippen MR) is 128 cm³/mol. The average Bonchev–Trinajstić information content (AvgIpc) is 3.06. The summed E-state index contributed by atoms with van der Waals surface area (Å²) in [6, 6.07) is 9.69. The van der Waals surface area contributed by atoms with Gasteiger partial charge in [-0.2, -0.15) is 0 Å². The van der Waals surface area contributed by atoms with E-state index in [1.54, 1.807) is 0 Å². The molecule has 2 aliphatic carbocycles. The highest BCUT2D eigenvalue weighted by Crippen LogP contribution is 2.57. The topological polar surface area (TPSA) is 86.6 Å². The Balaban J connectivity index is 1.83. The number of aliphatic hydroxyl groups is 2. The molecular formula is C28H37NO4. The van der Waals surface area contributed by atoms with E-state index in [2.05, 4.69) is 18.8 Å². The first-order valence-electron chi connectivity index (χ1n) is 12.3. The van der Waals surface area contributed by atoms with Crippen LogP contribution in [0.25, 0.3) is 0 Å². The zero-order valence-electron chi connectivity index (χ0n) is 19.9. The summed E-state index contributed by atoms with van der Waals surface area (Å²) in [6.45, 7) is 10.3. The number of ketones is 1. The molecule has 0 aromatic heterocycles. The summed E-state index contributed by atoms with van der Waals surface area (Å²) < 4.78 is 0. The molecule has 178 valence electrons. The molecule has 3 N–H and O–H groups in total. The van der Waals surface area contributed by atoms with Crippen molar-refractivity contribution < 1.29 is 19.8 Å². The van der Waals surface area contributed by atoms with Crippen molar-refractivity contribution in [3.63, 3.8) is 0 Å². The maximum atomic E-state index is 14.0. The number of carbonyl (C=O) groups is 2. The van der Waals surface area contributed by atoms with E-state index in [0.29, 0.717) is 17.9 Å². The number of hydrogen-bond acceptors (Lipinski definition) is 4. The fourth-order valence-electron chi connectivity index (χ4n) is 6.65. The molecule has 3 aliphatic rings. The van der Waals surface area contributed by atoms with Crippen LogP contribution < -0.4 is 5.32 Å². The molecular weight excluding hydrogens is 414 g/mol. The molecule has 1 spiro atoms. The number of carbonyl (C=O) groups excluding carboxylic acids is 2. The van der Waals surface area contributed by atoms with Crippen LogP contribution in [0.15, 0.2) is 54.6 Å². The zero-order chi connectivity index (χ0) is 23.9. The molecule has 9 atom stereocenters. The largest absolute Gasteiger partial charge is 0.392 e. The minimum atomic E-state index is -1.41. The Kier molecular flexibility index (Phi) is 6.66. The quantitative estimate of drug-likeness (QED) is 0.475. The van der Waals surface area contributed by atoms with E-state index in [1.165, 1.54) is 0 Å². The monoisotopic (exact) mass is 451 g/mol. The summed E-state index contributed by atoms with van der Waals surface area (Å²) in [5, 5.41) is 25.3. The van der Waals surface area contributed by atoms with Gasteiger partial charge in [-0.15, -0.1) is 0 Å². The Morgan fingerprint density at radius 1 is 1.12 bits per heavy atom. The van der Waals surface area contributed by atoms with E-state index in [0.717, 1.165) is 18.4 Å². The molecule has 2 fully saturated rings. The van der Waals surface area contributed by atoms with Gasteiger partial charge in [0.25, 0.3) is 0 Å². The van der Waals surface area contributed by atoms with E-state index in [-0.39, 0.29) is 41.9 Å². The molecule has 0 unspecified atom stereocenters. The number of benzene rings is 1. The Morgan fingerprint density at radius 3 is 2.52 bits per heavy atom. The maximum absolute atomic E-state index is 14.0. The van der Waals surface area contributed by atoms with Crippen molar-refractivity contribution in [1.82, 2.24) is 5.32 Å². The van der Waals surface area contributed by atoms with Gasteiger partial charge in [-0.25, -0.2) is 0 Å². The third-order valence-electron chi connectivity index (χ3n) is 8.49. The molecule has 0 radical (unpaired) electrons. The summed E-state index contributed by atoms with van der Waals surface area (Å²) in [5.41, 5.74) is 0.344. The summed E-state index contributed by atoms with van der Waals surface area (Å²) in [6.07, 6.45) is 4.20. The maximum Gasteiger partial charge on any atom is 0.235 e. The van der Waals surface area contributed by atoms with Gasteiger partial charge in [0.2, 0.25) is 5.91 Å². The second-order valence-corrected chi connectivity index (χ2v) is 10.7. The fraction of sp³-hybridized carbons (Fsp3) is 0.571. The zero-order valence-corrected chi connectivity index (χ0v) is 19.9. The van der Waals surface area contributed by atoms with Gasteiger partial charge in [0, 0.05) is 24.3 Å². The van der Waals surface area contributed by atoms with Gasteiger partial charge in [-0.1, -0.05) is 69.8 Å². The van der Waals surface area contributed by atoms with Gasteiger partial charge in [0.05, 0.1) is 12.2 Å².